The highest BCUT2D eigenvalue weighted by Gasteiger charge is 2.11. The van der Waals surface area contributed by atoms with E-state index in [-0.39, 0.29) is 11.6 Å². The Labute approximate surface area is 200 Å². The summed E-state index contributed by atoms with van der Waals surface area (Å²) in [5.41, 5.74) is 4.95. The monoisotopic (exact) mass is 496 g/mol. The maximum absolute atomic E-state index is 11.2. The minimum absolute atomic E-state index is 0.203. The van der Waals surface area contributed by atoms with Crippen molar-refractivity contribution in [2.75, 3.05) is 6.61 Å². The summed E-state index contributed by atoms with van der Waals surface area (Å²) in [7, 11) is 0. The van der Waals surface area contributed by atoms with Crippen LogP contribution < -0.4 is 0 Å². The summed E-state index contributed by atoms with van der Waals surface area (Å²) < 4.78 is 6.34. The van der Waals surface area contributed by atoms with E-state index in [0.717, 1.165) is 42.3 Å². The molecule has 4 rings (SSSR count). The molecule has 0 heterocycles. The van der Waals surface area contributed by atoms with E-state index >= 15 is 0 Å². The molecule has 170 valence electrons. The Morgan fingerprint density at radius 3 is 1.78 bits per heavy atom. The molecule has 0 N–H and O–H groups in total. The highest BCUT2D eigenvalue weighted by molar-refractivity contribution is 9.10. The summed E-state index contributed by atoms with van der Waals surface area (Å²) in [6.45, 7) is 6.75. The second-order valence-electron chi connectivity index (χ2n) is 8.01. The highest BCUT2D eigenvalue weighted by atomic mass is 79.9. The maximum Gasteiger partial charge on any atom is 0.159 e. The largest absolute Gasteiger partial charge is 0.498 e. The van der Waals surface area contributed by atoms with Gasteiger partial charge in [0, 0.05) is 29.8 Å². The zero-order valence-electron chi connectivity index (χ0n) is 19.3. The van der Waals surface area contributed by atoms with Gasteiger partial charge in [0.15, 0.2) is 11.6 Å². The molecule has 0 saturated heterocycles. The molecule has 0 atom stereocenters. The molecule has 0 fully saturated rings. The maximum atomic E-state index is 11.2. The lowest BCUT2D eigenvalue weighted by molar-refractivity contribution is -0.116. The number of ketones is 2. The van der Waals surface area contributed by atoms with Gasteiger partial charge in [-0.3, -0.25) is 9.59 Å². The van der Waals surface area contributed by atoms with E-state index in [4.69, 9.17) is 4.74 Å². The molecular formula is C28H33BrO3. The van der Waals surface area contributed by atoms with Crippen LogP contribution >= 0.6 is 15.9 Å². The van der Waals surface area contributed by atoms with Crippen LogP contribution in [0.15, 0.2) is 70.9 Å². The van der Waals surface area contributed by atoms with Crippen LogP contribution in [0.1, 0.15) is 62.1 Å². The van der Waals surface area contributed by atoms with Crippen LogP contribution in [-0.4, -0.2) is 18.2 Å². The minimum Gasteiger partial charge on any atom is -0.498 e. The van der Waals surface area contributed by atoms with Gasteiger partial charge in [-0.15, -0.1) is 0 Å². The molecule has 0 saturated carbocycles. The van der Waals surface area contributed by atoms with E-state index in [1.54, 1.807) is 12.2 Å². The third-order valence-corrected chi connectivity index (χ3v) is 5.66. The first-order chi connectivity index (χ1) is 15.4. The topological polar surface area (TPSA) is 43.4 Å². The lowest BCUT2D eigenvalue weighted by atomic mass is 9.93. The Morgan fingerprint density at radius 2 is 1.28 bits per heavy atom. The van der Waals surface area contributed by atoms with Crippen molar-refractivity contribution in [1.29, 1.82) is 0 Å². The average Bonchev–Trinajstić information content (AvgIpc) is 2.78. The van der Waals surface area contributed by atoms with Crippen molar-refractivity contribution in [3.8, 4) is 0 Å². The molecule has 32 heavy (non-hydrogen) atoms. The van der Waals surface area contributed by atoms with Gasteiger partial charge in [0.05, 0.1) is 12.4 Å². The van der Waals surface area contributed by atoms with E-state index in [9.17, 15) is 9.59 Å². The first-order valence-electron chi connectivity index (χ1n) is 11.3. The Balaban J connectivity index is 0.000000178. The third kappa shape index (κ3) is 9.78. The second-order valence-corrected chi connectivity index (χ2v) is 8.93. The van der Waals surface area contributed by atoms with Gasteiger partial charge in [-0.2, -0.15) is 0 Å². The molecule has 0 bridgehead atoms. The Morgan fingerprint density at radius 1 is 0.750 bits per heavy atom. The highest BCUT2D eigenvalue weighted by Crippen LogP contribution is 2.25. The number of allylic oxidation sites excluding steroid dienone is 4. The van der Waals surface area contributed by atoms with Gasteiger partial charge >= 0.3 is 0 Å². The van der Waals surface area contributed by atoms with Crippen molar-refractivity contribution >= 4 is 33.1 Å². The molecule has 0 spiro atoms. The zero-order valence-corrected chi connectivity index (χ0v) is 20.9. The van der Waals surface area contributed by atoms with E-state index in [1.165, 1.54) is 22.3 Å². The Kier molecular flexibility index (Phi) is 11.2. The SMILES string of the molecule is CCOC1=CC(=O)CCC1.Cc1ccc(Br)cc1.Cc1ccc(C2=CC(=O)CCC2)cc1. The van der Waals surface area contributed by atoms with Crippen molar-refractivity contribution in [3.63, 3.8) is 0 Å². The number of carbonyl (C=O) groups excluding carboxylic acids is 2. The normalized spacial score (nSPS) is 15.4. The van der Waals surface area contributed by atoms with Crippen molar-refractivity contribution < 1.29 is 14.3 Å². The average molecular weight is 497 g/mol. The van der Waals surface area contributed by atoms with Crippen molar-refractivity contribution in [1.82, 2.24) is 0 Å². The quantitative estimate of drug-likeness (QED) is 0.440. The molecule has 2 aromatic carbocycles. The lowest BCUT2D eigenvalue weighted by Gasteiger charge is -2.12. The molecule has 2 aliphatic rings. The summed E-state index contributed by atoms with van der Waals surface area (Å²) in [5, 5.41) is 0. The number of ether oxygens (including phenoxy) is 1. The fraction of sp³-hybridized carbons (Fsp3) is 0.357. The van der Waals surface area contributed by atoms with Crippen LogP contribution in [0.5, 0.6) is 0 Å². The molecule has 2 aliphatic carbocycles. The number of carbonyl (C=O) groups is 2. The number of rotatable bonds is 3. The molecule has 3 nitrogen and oxygen atoms in total. The van der Waals surface area contributed by atoms with Gasteiger partial charge in [-0.25, -0.2) is 0 Å². The summed E-state index contributed by atoms with van der Waals surface area (Å²) >= 11 is 3.35. The van der Waals surface area contributed by atoms with E-state index in [0.29, 0.717) is 13.0 Å². The molecule has 0 aromatic heterocycles. The second kappa shape index (κ2) is 13.8. The van der Waals surface area contributed by atoms with Crippen LogP contribution in [0, 0.1) is 13.8 Å². The zero-order chi connectivity index (χ0) is 23.3. The van der Waals surface area contributed by atoms with Crippen molar-refractivity contribution in [2.45, 2.75) is 59.3 Å². The van der Waals surface area contributed by atoms with E-state index in [1.807, 2.05) is 19.1 Å². The lowest BCUT2D eigenvalue weighted by Crippen LogP contribution is -2.04. The molecule has 0 radical (unpaired) electrons. The summed E-state index contributed by atoms with van der Waals surface area (Å²) in [5.74, 6) is 1.33. The third-order valence-electron chi connectivity index (χ3n) is 5.14. The van der Waals surface area contributed by atoms with Crippen molar-refractivity contribution in [3.05, 3.63) is 87.6 Å². The van der Waals surface area contributed by atoms with Crippen LogP contribution in [0.3, 0.4) is 0 Å². The van der Waals surface area contributed by atoms with Crippen LogP contribution in [0.4, 0.5) is 0 Å². The first-order valence-corrected chi connectivity index (χ1v) is 12.1. The first kappa shape index (κ1) is 25.8. The predicted molar refractivity (Wildman–Crippen MR) is 135 cm³/mol. The summed E-state index contributed by atoms with van der Waals surface area (Å²) in [6.07, 6.45) is 8.74. The van der Waals surface area contributed by atoms with E-state index < -0.39 is 0 Å². The Bertz CT molecular complexity index is 917. The summed E-state index contributed by atoms with van der Waals surface area (Å²) in [6, 6.07) is 16.6. The van der Waals surface area contributed by atoms with E-state index in [2.05, 4.69) is 66.2 Å². The standard InChI is InChI=1S/C13H14O.C8H12O2.C7H7Br/c1-10-5-7-11(8-6-10)12-3-2-4-13(14)9-12;1-2-10-8-5-3-4-7(9)6-8;1-6-2-4-7(8)5-3-6/h5-9H,2-4H2,1H3;6H,2-5H2,1H3;2-5H,1H3. The predicted octanol–water partition coefficient (Wildman–Crippen LogP) is 7.55. The van der Waals surface area contributed by atoms with Gasteiger partial charge in [-0.05, 0) is 69.4 Å². The molecule has 2 aromatic rings. The summed E-state index contributed by atoms with van der Waals surface area (Å²) in [4.78, 5) is 22.0. The Hall–Kier alpha value is -2.46. The van der Waals surface area contributed by atoms with Gasteiger partial charge < -0.3 is 4.74 Å². The van der Waals surface area contributed by atoms with Gasteiger partial charge in [-0.1, -0.05) is 63.5 Å². The number of halogens is 1. The molecule has 0 aliphatic heterocycles. The number of hydrogen-bond acceptors (Lipinski definition) is 3. The fourth-order valence-electron chi connectivity index (χ4n) is 3.38. The molecule has 0 amide bonds. The van der Waals surface area contributed by atoms with Crippen LogP contribution in [-0.2, 0) is 14.3 Å². The number of hydrogen-bond donors (Lipinski definition) is 0. The fourth-order valence-corrected chi connectivity index (χ4v) is 3.64. The van der Waals surface area contributed by atoms with Crippen molar-refractivity contribution in [2.24, 2.45) is 0 Å². The number of benzene rings is 2. The molecule has 4 heteroatoms. The van der Waals surface area contributed by atoms with Gasteiger partial charge in [0.2, 0.25) is 0 Å². The minimum atomic E-state index is 0.203. The smallest absolute Gasteiger partial charge is 0.159 e. The molecule has 0 unspecified atom stereocenters. The van der Waals surface area contributed by atoms with Gasteiger partial charge in [0.1, 0.15) is 0 Å². The van der Waals surface area contributed by atoms with Crippen LogP contribution in [0.2, 0.25) is 0 Å². The number of aryl methyl sites for hydroxylation is 2. The van der Waals surface area contributed by atoms with Crippen LogP contribution in [0.25, 0.3) is 5.57 Å². The van der Waals surface area contributed by atoms with Gasteiger partial charge in [0.25, 0.3) is 0 Å². The molecular weight excluding hydrogens is 464 g/mol.